The second-order valence-corrected chi connectivity index (χ2v) is 17.9. The smallest absolute Gasteiger partial charge is 0.462 e. The number of ether oxygens (including phenoxy) is 2. The summed E-state index contributed by atoms with van der Waals surface area (Å²) in [5.74, 6) is -0.794. The van der Waals surface area contributed by atoms with Crippen molar-refractivity contribution in [3.63, 3.8) is 0 Å². The van der Waals surface area contributed by atoms with Gasteiger partial charge in [-0.1, -0.05) is 167 Å². The van der Waals surface area contributed by atoms with Gasteiger partial charge in [-0.25, -0.2) is 4.57 Å². The van der Waals surface area contributed by atoms with Crippen LogP contribution in [0.25, 0.3) is 0 Å². The van der Waals surface area contributed by atoms with E-state index in [9.17, 15) is 19.0 Å². The van der Waals surface area contributed by atoms with Crippen molar-refractivity contribution >= 4 is 19.8 Å². The number of hydrogen-bond donors (Lipinski definition) is 1. The fourth-order valence-electron chi connectivity index (χ4n) is 6.24. The molecule has 0 aliphatic rings. The van der Waals surface area contributed by atoms with Crippen molar-refractivity contribution in [2.24, 2.45) is 0 Å². The van der Waals surface area contributed by atoms with Gasteiger partial charge in [0, 0.05) is 12.8 Å². The van der Waals surface area contributed by atoms with Crippen LogP contribution in [0.2, 0.25) is 0 Å². The van der Waals surface area contributed by atoms with Gasteiger partial charge < -0.3 is 18.9 Å². The summed E-state index contributed by atoms with van der Waals surface area (Å²) in [5.41, 5.74) is 0. The first kappa shape index (κ1) is 52.8. The molecule has 0 aromatic rings. The minimum atomic E-state index is -4.37. The number of carbonyl (C=O) groups excluding carboxylic acids is 2. The molecule has 0 amide bonds. The van der Waals surface area contributed by atoms with Crippen molar-refractivity contribution in [3.8, 4) is 0 Å². The lowest BCUT2D eigenvalue weighted by Crippen LogP contribution is -2.37. The topological polar surface area (TPSA) is 108 Å². The molecule has 0 radical (unpaired) electrons. The second kappa shape index (κ2) is 37.3. The molecule has 0 aliphatic heterocycles. The molecule has 320 valence electrons. The van der Waals surface area contributed by atoms with E-state index in [0.29, 0.717) is 17.4 Å². The normalized spacial score (nSPS) is 13.7. The van der Waals surface area contributed by atoms with Crippen LogP contribution in [0.5, 0.6) is 0 Å². The van der Waals surface area contributed by atoms with E-state index in [2.05, 4.69) is 26.0 Å². The van der Waals surface area contributed by atoms with Gasteiger partial charge >= 0.3 is 19.8 Å². The zero-order chi connectivity index (χ0) is 40.0. The highest BCUT2D eigenvalue weighted by atomic mass is 31.2. The van der Waals surface area contributed by atoms with Crippen LogP contribution in [-0.2, 0) is 32.7 Å². The summed E-state index contributed by atoms with van der Waals surface area (Å²) in [6.07, 6.45) is 38.2. The maximum absolute atomic E-state index is 12.7. The van der Waals surface area contributed by atoms with Crippen molar-refractivity contribution in [2.75, 3.05) is 47.5 Å². The van der Waals surface area contributed by atoms with Gasteiger partial charge in [-0.15, -0.1) is 0 Å². The maximum atomic E-state index is 12.7. The van der Waals surface area contributed by atoms with Gasteiger partial charge in [0.25, 0.3) is 0 Å². The first-order chi connectivity index (χ1) is 26.0. The summed E-state index contributed by atoms with van der Waals surface area (Å²) in [5, 5.41) is 0. The molecule has 0 saturated carbocycles. The third-order valence-corrected chi connectivity index (χ3v) is 10.8. The number of nitrogens with zero attached hydrogens (tertiary/aromatic N) is 1. The van der Waals surface area contributed by atoms with E-state index in [-0.39, 0.29) is 32.0 Å². The number of phosphoric acid groups is 1. The number of carbonyl (C=O) groups is 2. The molecule has 1 N–H and O–H groups in total. The standard InChI is InChI=1S/C44H86NO8P/c1-6-8-10-12-14-16-18-20-21-22-23-25-26-28-30-32-34-36-43(46)50-40-42(41-52-54(48,49)51-39-38-45(3,4)5)53-44(47)37-35-33-31-29-27-24-19-17-15-13-11-9-7-2/h20-21,42H,6-19,22-41H2,1-5H3/p+1/b21-20-/t42-/m1/s1. The number of phosphoric ester groups is 1. The lowest BCUT2D eigenvalue weighted by Gasteiger charge is -2.24. The Hall–Kier alpha value is -1.25. The molecule has 0 rings (SSSR count). The van der Waals surface area contributed by atoms with E-state index in [1.54, 1.807) is 0 Å². The van der Waals surface area contributed by atoms with E-state index in [0.717, 1.165) is 32.1 Å². The van der Waals surface area contributed by atoms with E-state index in [4.69, 9.17) is 18.5 Å². The fraction of sp³-hybridized carbons (Fsp3) is 0.909. The Balaban J connectivity index is 4.31. The summed E-state index contributed by atoms with van der Waals surface area (Å²) < 4.78 is 34.3. The molecule has 9 nitrogen and oxygen atoms in total. The first-order valence-corrected chi connectivity index (χ1v) is 23.9. The average Bonchev–Trinajstić information content (AvgIpc) is 3.12. The molecule has 0 aliphatic carbocycles. The summed E-state index contributed by atoms with van der Waals surface area (Å²) in [4.78, 5) is 35.3. The molecular weight excluding hydrogens is 701 g/mol. The molecule has 0 aromatic carbocycles. The van der Waals surface area contributed by atoms with Crippen LogP contribution >= 0.6 is 7.82 Å². The summed E-state index contributed by atoms with van der Waals surface area (Å²) >= 11 is 0. The van der Waals surface area contributed by atoms with Gasteiger partial charge in [-0.3, -0.25) is 18.6 Å². The number of likely N-dealkylation sites (N-methyl/N-ethyl adjacent to an activating group) is 1. The quantitative estimate of drug-likeness (QED) is 0.0214. The van der Waals surface area contributed by atoms with E-state index in [1.807, 2.05) is 21.1 Å². The molecule has 0 heterocycles. The highest BCUT2D eigenvalue weighted by molar-refractivity contribution is 7.47. The summed E-state index contributed by atoms with van der Waals surface area (Å²) in [6.45, 7) is 4.43. The average molecular weight is 789 g/mol. The van der Waals surface area contributed by atoms with Gasteiger partial charge in [0.2, 0.25) is 0 Å². The number of unbranched alkanes of at least 4 members (excludes halogenated alkanes) is 25. The number of rotatable bonds is 41. The fourth-order valence-corrected chi connectivity index (χ4v) is 6.99. The SMILES string of the molecule is CCCCCCCC/C=C\CCCCCCCCCC(=O)OC[C@H](COP(=O)(O)OCC[N+](C)(C)C)OC(=O)CCCCCCCCCCCCCCC. The monoisotopic (exact) mass is 789 g/mol. The third-order valence-electron chi connectivity index (χ3n) is 9.80. The highest BCUT2D eigenvalue weighted by Gasteiger charge is 2.27. The van der Waals surface area contributed by atoms with Gasteiger partial charge in [-0.2, -0.15) is 0 Å². The van der Waals surface area contributed by atoms with Gasteiger partial charge in [0.1, 0.15) is 19.8 Å². The Morgan fingerprint density at radius 1 is 0.556 bits per heavy atom. The number of esters is 2. The first-order valence-electron chi connectivity index (χ1n) is 22.4. The van der Waals surface area contributed by atoms with Crippen LogP contribution in [0.15, 0.2) is 12.2 Å². The molecule has 2 atom stereocenters. The Bertz CT molecular complexity index is 938. The zero-order valence-electron chi connectivity index (χ0n) is 36.0. The van der Waals surface area contributed by atoms with Crippen LogP contribution in [-0.4, -0.2) is 74.9 Å². The minimum absolute atomic E-state index is 0.0342. The Kier molecular flexibility index (Phi) is 36.5. The molecule has 10 heteroatoms. The highest BCUT2D eigenvalue weighted by Crippen LogP contribution is 2.43. The predicted octanol–water partition coefficient (Wildman–Crippen LogP) is 12.6. The maximum Gasteiger partial charge on any atom is 0.472 e. The van der Waals surface area contributed by atoms with Crippen molar-refractivity contribution < 1.29 is 42.1 Å². The van der Waals surface area contributed by atoms with Gasteiger partial charge in [0.05, 0.1) is 27.7 Å². The zero-order valence-corrected chi connectivity index (χ0v) is 36.9. The summed E-state index contributed by atoms with van der Waals surface area (Å²) in [6, 6.07) is 0. The Morgan fingerprint density at radius 2 is 0.944 bits per heavy atom. The number of hydrogen-bond acceptors (Lipinski definition) is 7. The van der Waals surface area contributed by atoms with E-state index in [1.165, 1.54) is 141 Å². The molecule has 0 aromatic heterocycles. The molecule has 1 unspecified atom stereocenters. The van der Waals surface area contributed by atoms with Crippen LogP contribution in [0, 0.1) is 0 Å². The van der Waals surface area contributed by atoms with Crippen LogP contribution in [0.4, 0.5) is 0 Å². The van der Waals surface area contributed by atoms with Crippen molar-refractivity contribution in [2.45, 2.75) is 213 Å². The molecule has 0 spiro atoms. The Morgan fingerprint density at radius 3 is 1.37 bits per heavy atom. The van der Waals surface area contributed by atoms with Crippen molar-refractivity contribution in [1.29, 1.82) is 0 Å². The lowest BCUT2D eigenvalue weighted by atomic mass is 10.0. The Labute approximate surface area is 333 Å². The van der Waals surface area contributed by atoms with Crippen LogP contribution < -0.4 is 0 Å². The third kappa shape index (κ3) is 40.4. The minimum Gasteiger partial charge on any atom is -0.462 e. The molecular formula is C44H87NO8P+. The lowest BCUT2D eigenvalue weighted by molar-refractivity contribution is -0.870. The van der Waals surface area contributed by atoms with Crippen LogP contribution in [0.1, 0.15) is 206 Å². The van der Waals surface area contributed by atoms with E-state index >= 15 is 0 Å². The predicted molar refractivity (Wildman–Crippen MR) is 224 cm³/mol. The number of allylic oxidation sites excluding steroid dienone is 2. The number of quaternary nitrogens is 1. The van der Waals surface area contributed by atoms with Gasteiger partial charge in [-0.05, 0) is 38.5 Å². The van der Waals surface area contributed by atoms with Gasteiger partial charge in [0.15, 0.2) is 6.10 Å². The van der Waals surface area contributed by atoms with Crippen molar-refractivity contribution in [3.05, 3.63) is 12.2 Å². The summed E-state index contributed by atoms with van der Waals surface area (Å²) in [7, 11) is 1.48. The molecule has 0 bridgehead atoms. The van der Waals surface area contributed by atoms with E-state index < -0.39 is 26.5 Å². The second-order valence-electron chi connectivity index (χ2n) is 16.4. The largest absolute Gasteiger partial charge is 0.472 e. The van der Waals surface area contributed by atoms with Crippen molar-refractivity contribution in [1.82, 2.24) is 0 Å². The molecule has 0 fully saturated rings. The molecule has 0 saturated heterocycles. The van der Waals surface area contributed by atoms with Crippen LogP contribution in [0.3, 0.4) is 0 Å². The molecule has 54 heavy (non-hydrogen) atoms.